The molecule has 11 N–H and O–H groups in total. The molecule has 2 amide bonds. The number of carboxylic acid groups (broad SMARTS) is 1. The maximum atomic E-state index is 13.3. The quantitative estimate of drug-likeness (QED) is 0.0734. The van der Waals surface area contributed by atoms with Crippen molar-refractivity contribution in [3.05, 3.63) is 35.4 Å². The van der Waals surface area contributed by atoms with Crippen molar-refractivity contribution in [3.63, 3.8) is 0 Å². The van der Waals surface area contributed by atoms with Crippen molar-refractivity contribution in [2.24, 2.45) is 17.4 Å². The van der Waals surface area contributed by atoms with Crippen molar-refractivity contribution in [1.29, 1.82) is 10.8 Å². The molecule has 3 atom stereocenters. The predicted molar refractivity (Wildman–Crippen MR) is 171 cm³/mol. The number of carbonyl (C=O) groups is 4. The number of hydrogen-bond donors (Lipinski definition) is 9. The Morgan fingerprint density at radius 2 is 1.70 bits per heavy atom. The van der Waals surface area contributed by atoms with Gasteiger partial charge in [0, 0.05) is 19.6 Å². The van der Waals surface area contributed by atoms with Gasteiger partial charge in [0.1, 0.15) is 12.3 Å². The number of aliphatic hydroxyl groups is 1. The maximum absolute atomic E-state index is 13.3. The molecule has 2 aliphatic rings. The number of nitrogens with two attached hydrogens (primary N) is 2. The number of nitrogens with one attached hydrogen (secondary N) is 5. The number of likely N-dealkylation sites (tertiary alicyclic amines) is 2. The van der Waals surface area contributed by atoms with E-state index in [9.17, 15) is 41.1 Å². The molecule has 3 rings (SSSR count). The fraction of sp³-hybridized carbons (Fsp3) is 0.571. The number of nitrogens with zero attached hydrogens (tertiary/aromatic N) is 2. The van der Waals surface area contributed by atoms with Gasteiger partial charge in [-0.2, -0.15) is 13.2 Å². The van der Waals surface area contributed by atoms with Crippen LogP contribution in [-0.2, 0) is 34.9 Å². The molecule has 280 valence electrons. The fourth-order valence-electron chi connectivity index (χ4n) is 5.27. The lowest BCUT2D eigenvalue weighted by Crippen LogP contribution is -2.59. The van der Waals surface area contributed by atoms with E-state index in [1.54, 1.807) is 4.90 Å². The van der Waals surface area contributed by atoms with Gasteiger partial charge in [0.05, 0.1) is 31.0 Å². The number of amides is 2. The van der Waals surface area contributed by atoms with Crippen LogP contribution in [0.3, 0.4) is 0 Å². The molecule has 0 spiro atoms. The first-order valence-electron chi connectivity index (χ1n) is 15.2. The molecule has 2 saturated heterocycles. The van der Waals surface area contributed by atoms with Gasteiger partial charge < -0.3 is 46.9 Å². The molecule has 0 saturated carbocycles. The number of piperidine rings is 2. The van der Waals surface area contributed by atoms with E-state index in [0.717, 1.165) is 0 Å². The molecule has 2 fully saturated rings. The van der Waals surface area contributed by atoms with Crippen molar-refractivity contribution in [1.82, 2.24) is 25.2 Å². The monoisotopic (exact) mass is 737 g/mol. The number of halogens is 3. The third kappa shape index (κ3) is 13.3. The van der Waals surface area contributed by atoms with E-state index < -0.39 is 70.6 Å². The number of carboxylic acids is 1. The number of guanidine groups is 2. The fourth-order valence-corrected chi connectivity index (χ4v) is 6.61. The average Bonchev–Trinajstić information content (AvgIpc) is 3.03. The van der Waals surface area contributed by atoms with Gasteiger partial charge in [0.25, 0.3) is 0 Å². The van der Waals surface area contributed by atoms with Crippen LogP contribution in [0.5, 0.6) is 0 Å². The number of benzene rings is 1. The number of alkyl halides is 3. The Balaban J connectivity index is 0.00000112. The summed E-state index contributed by atoms with van der Waals surface area (Å²) in [6.07, 6.45) is -3.93. The van der Waals surface area contributed by atoms with E-state index in [-0.39, 0.29) is 29.8 Å². The summed E-state index contributed by atoms with van der Waals surface area (Å²) in [5, 5.41) is 37.9. The van der Waals surface area contributed by atoms with Crippen LogP contribution in [0.15, 0.2) is 24.3 Å². The molecular formula is C28H42F3N9O9S. The molecule has 18 nitrogen and oxygen atoms in total. The van der Waals surface area contributed by atoms with Crippen LogP contribution in [0.4, 0.5) is 13.2 Å². The first-order chi connectivity index (χ1) is 23.2. The molecule has 0 aliphatic carbocycles. The second-order valence-corrected chi connectivity index (χ2v) is 13.3. The Kier molecular flexibility index (Phi) is 15.2. The molecular weight excluding hydrogens is 695 g/mol. The maximum Gasteiger partial charge on any atom is 0.490 e. The number of methoxy groups -OCH3 is 1. The third-order valence-corrected chi connectivity index (χ3v) is 9.14. The van der Waals surface area contributed by atoms with Crippen LogP contribution in [0.25, 0.3) is 0 Å². The van der Waals surface area contributed by atoms with Gasteiger partial charge in [-0.05, 0) is 55.7 Å². The summed E-state index contributed by atoms with van der Waals surface area (Å²) in [6.45, 7) is 0.889. The van der Waals surface area contributed by atoms with Crippen molar-refractivity contribution in [2.75, 3.05) is 33.3 Å². The standard InChI is InChI=1S/C26H41N9O7S.C2HF3O2/c1-42-24(39)18-5-2-4-17(12-18)15-43(40,41)33-20(13-16-7-10-34(11-8-16)25(27)28)22(37)31-14-21(36)32-19-6-3-9-35(23(19)38)26(29)30;3-2(4,5)1(6)7/h2,4-5,12,16,19-20,23,33,38H,3,6-11,13-15H2,1H3,(H3,27,28)(H3,29,30)(H,31,37)(H,32,36);(H,6,7)/t19-,20+,23?;/m0./s1. The number of rotatable bonds is 11. The lowest BCUT2D eigenvalue weighted by atomic mass is 9.90. The zero-order chi connectivity index (χ0) is 37.8. The molecule has 50 heavy (non-hydrogen) atoms. The second-order valence-electron chi connectivity index (χ2n) is 11.5. The largest absolute Gasteiger partial charge is 0.490 e. The summed E-state index contributed by atoms with van der Waals surface area (Å²) < 4.78 is 65.2. The summed E-state index contributed by atoms with van der Waals surface area (Å²) in [7, 11) is -2.87. The number of aliphatic hydroxyl groups excluding tert-OH is 1. The van der Waals surface area contributed by atoms with Gasteiger partial charge in [-0.3, -0.25) is 20.4 Å². The molecule has 0 radical (unpaired) electrons. The molecule has 1 aromatic carbocycles. The van der Waals surface area contributed by atoms with Crippen LogP contribution >= 0.6 is 0 Å². The molecule has 1 aromatic rings. The van der Waals surface area contributed by atoms with E-state index in [1.807, 2.05) is 0 Å². The number of carbonyl (C=O) groups excluding carboxylic acids is 3. The molecule has 1 unspecified atom stereocenters. The minimum atomic E-state index is -5.08. The Bertz CT molecular complexity index is 1510. The highest BCUT2D eigenvalue weighted by molar-refractivity contribution is 7.88. The van der Waals surface area contributed by atoms with Crippen LogP contribution in [0.1, 0.15) is 48.0 Å². The minimum Gasteiger partial charge on any atom is -0.475 e. The van der Waals surface area contributed by atoms with Gasteiger partial charge in [0.2, 0.25) is 21.8 Å². The molecule has 22 heteroatoms. The van der Waals surface area contributed by atoms with Crippen LogP contribution < -0.4 is 26.8 Å². The summed E-state index contributed by atoms with van der Waals surface area (Å²) in [5.41, 5.74) is 11.6. The van der Waals surface area contributed by atoms with E-state index >= 15 is 0 Å². The Morgan fingerprint density at radius 1 is 1.08 bits per heavy atom. The third-order valence-electron chi connectivity index (χ3n) is 7.78. The predicted octanol–water partition coefficient (Wildman–Crippen LogP) is -1.20. The SMILES string of the molecule is COC(=O)c1cccc(CS(=O)(=O)N[C@H](CC2CCN(C(=N)N)CC2)C(=O)NCC(=O)N[C@H]2CCCN(C(=N)N)C2O)c1.O=C(O)C(F)(F)F. The van der Waals surface area contributed by atoms with Crippen molar-refractivity contribution in [2.45, 2.75) is 62.3 Å². The van der Waals surface area contributed by atoms with Crippen LogP contribution in [0.2, 0.25) is 0 Å². The number of aliphatic carboxylic acids is 1. The lowest BCUT2D eigenvalue weighted by Gasteiger charge is -2.38. The number of esters is 1. The van der Waals surface area contributed by atoms with Crippen molar-refractivity contribution in [3.8, 4) is 0 Å². The topological polar surface area (TPSA) is 294 Å². The molecule has 2 aliphatic heterocycles. The van der Waals surface area contributed by atoms with Gasteiger partial charge in [-0.15, -0.1) is 0 Å². The number of sulfonamides is 1. The normalized spacial score (nSPS) is 18.9. The number of hydrogen-bond acceptors (Lipinski definition) is 10. The Morgan fingerprint density at radius 3 is 2.24 bits per heavy atom. The smallest absolute Gasteiger partial charge is 0.475 e. The molecule has 2 heterocycles. The van der Waals surface area contributed by atoms with E-state index in [2.05, 4.69) is 15.4 Å². The zero-order valence-corrected chi connectivity index (χ0v) is 27.8. The van der Waals surface area contributed by atoms with Crippen molar-refractivity contribution >= 4 is 45.7 Å². The Hall–Kier alpha value is -4.70. The summed E-state index contributed by atoms with van der Waals surface area (Å²) in [5.74, 6) is -5.60. The summed E-state index contributed by atoms with van der Waals surface area (Å²) in [4.78, 5) is 49.6. The molecule has 0 bridgehead atoms. The lowest BCUT2D eigenvalue weighted by molar-refractivity contribution is -0.192. The summed E-state index contributed by atoms with van der Waals surface area (Å²) in [6, 6.07) is 4.05. The van der Waals surface area contributed by atoms with Gasteiger partial charge in [-0.25, -0.2) is 22.7 Å². The second kappa shape index (κ2) is 18.3. The first-order valence-corrected chi connectivity index (χ1v) is 16.8. The zero-order valence-electron chi connectivity index (χ0n) is 27.0. The van der Waals surface area contributed by atoms with Gasteiger partial charge >= 0.3 is 18.1 Å². The van der Waals surface area contributed by atoms with Gasteiger partial charge in [0.15, 0.2) is 11.9 Å². The first kappa shape index (κ1) is 41.5. The number of ether oxygens (including phenoxy) is 1. The summed E-state index contributed by atoms with van der Waals surface area (Å²) >= 11 is 0. The highest BCUT2D eigenvalue weighted by Gasteiger charge is 2.38. The average molecular weight is 738 g/mol. The van der Waals surface area contributed by atoms with Crippen molar-refractivity contribution < 1.29 is 55.7 Å². The van der Waals surface area contributed by atoms with Crippen LogP contribution in [-0.4, -0.2) is 122 Å². The van der Waals surface area contributed by atoms with E-state index in [0.29, 0.717) is 50.9 Å². The molecule has 0 aromatic heterocycles. The highest BCUT2D eigenvalue weighted by Crippen LogP contribution is 2.23. The van der Waals surface area contributed by atoms with Crippen LogP contribution in [0, 0.1) is 16.7 Å². The van der Waals surface area contributed by atoms with E-state index in [4.69, 9.17) is 36.9 Å². The van der Waals surface area contributed by atoms with E-state index in [1.165, 1.54) is 36.3 Å². The Labute approximate surface area is 285 Å². The highest BCUT2D eigenvalue weighted by atomic mass is 32.2. The minimum absolute atomic E-state index is 0.0526. The van der Waals surface area contributed by atoms with Gasteiger partial charge in [-0.1, -0.05) is 12.1 Å².